The number of nitrogens with two attached hydrogens (primary N) is 1. The van der Waals surface area contributed by atoms with Crippen LogP contribution in [0.25, 0.3) is 0 Å². The second-order valence-electron chi connectivity index (χ2n) is 4.78. The molecule has 0 aliphatic carbocycles. The highest BCUT2D eigenvalue weighted by Gasteiger charge is 2.26. The standard InChI is InChI=1S/C14H22N2S/c1-12-9-14(11-17-12)16(8-7-15)10-13-5-3-2-4-6-13/h2-6,12,14H,7-11,15H2,1H3. The van der Waals surface area contributed by atoms with Gasteiger partial charge in [-0.3, -0.25) is 4.90 Å². The predicted octanol–water partition coefficient (Wildman–Crippen LogP) is 2.34. The molecule has 1 saturated heterocycles. The number of benzene rings is 1. The average Bonchev–Trinajstić information content (AvgIpc) is 2.77. The highest BCUT2D eigenvalue weighted by molar-refractivity contribution is 8.00. The largest absolute Gasteiger partial charge is 0.329 e. The maximum Gasteiger partial charge on any atom is 0.0237 e. The van der Waals surface area contributed by atoms with Gasteiger partial charge in [-0.2, -0.15) is 11.8 Å². The Morgan fingerprint density at radius 1 is 1.35 bits per heavy atom. The summed E-state index contributed by atoms with van der Waals surface area (Å²) in [6.45, 7) is 5.12. The second kappa shape index (κ2) is 6.43. The fourth-order valence-electron chi connectivity index (χ4n) is 2.42. The van der Waals surface area contributed by atoms with Crippen LogP contribution < -0.4 is 5.73 Å². The molecule has 17 heavy (non-hydrogen) atoms. The van der Waals surface area contributed by atoms with Gasteiger partial charge >= 0.3 is 0 Å². The zero-order chi connectivity index (χ0) is 12.1. The summed E-state index contributed by atoms with van der Waals surface area (Å²) in [7, 11) is 0. The summed E-state index contributed by atoms with van der Waals surface area (Å²) in [5.74, 6) is 1.26. The van der Waals surface area contributed by atoms with Crippen molar-refractivity contribution in [3.8, 4) is 0 Å². The van der Waals surface area contributed by atoms with Crippen LogP contribution in [-0.4, -0.2) is 35.0 Å². The summed E-state index contributed by atoms with van der Waals surface area (Å²) in [5, 5.41) is 0.802. The molecule has 1 aliphatic rings. The minimum Gasteiger partial charge on any atom is -0.329 e. The molecule has 0 bridgehead atoms. The van der Waals surface area contributed by atoms with Crippen LogP contribution >= 0.6 is 11.8 Å². The lowest BCUT2D eigenvalue weighted by Crippen LogP contribution is -2.38. The molecule has 1 fully saturated rings. The van der Waals surface area contributed by atoms with Crippen molar-refractivity contribution in [2.45, 2.75) is 31.2 Å². The Hall–Kier alpha value is -0.510. The van der Waals surface area contributed by atoms with Crippen molar-refractivity contribution in [3.63, 3.8) is 0 Å². The van der Waals surface area contributed by atoms with Crippen molar-refractivity contribution >= 4 is 11.8 Å². The average molecular weight is 250 g/mol. The van der Waals surface area contributed by atoms with Gasteiger partial charge in [0.1, 0.15) is 0 Å². The van der Waals surface area contributed by atoms with Gasteiger partial charge < -0.3 is 5.73 Å². The highest BCUT2D eigenvalue weighted by Crippen LogP contribution is 2.30. The first-order valence-corrected chi connectivity index (χ1v) is 7.44. The van der Waals surface area contributed by atoms with Crippen molar-refractivity contribution in [2.75, 3.05) is 18.8 Å². The normalized spacial score (nSPS) is 24.4. The van der Waals surface area contributed by atoms with Gasteiger partial charge in [0.15, 0.2) is 0 Å². The maximum atomic E-state index is 5.74. The second-order valence-corrected chi connectivity index (χ2v) is 6.25. The molecule has 1 aliphatic heterocycles. The molecule has 2 unspecified atom stereocenters. The van der Waals surface area contributed by atoms with Crippen molar-refractivity contribution in [1.82, 2.24) is 4.90 Å². The van der Waals surface area contributed by atoms with Gasteiger partial charge in [0.25, 0.3) is 0 Å². The molecule has 2 N–H and O–H groups in total. The Balaban J connectivity index is 1.97. The predicted molar refractivity (Wildman–Crippen MR) is 76.2 cm³/mol. The van der Waals surface area contributed by atoms with Gasteiger partial charge in [-0.05, 0) is 12.0 Å². The van der Waals surface area contributed by atoms with Crippen LogP contribution in [0.5, 0.6) is 0 Å². The summed E-state index contributed by atoms with van der Waals surface area (Å²) in [6, 6.07) is 11.4. The zero-order valence-corrected chi connectivity index (χ0v) is 11.3. The molecule has 94 valence electrons. The molecule has 0 aromatic heterocycles. The molecule has 0 saturated carbocycles. The van der Waals surface area contributed by atoms with E-state index in [1.165, 1.54) is 17.7 Å². The quantitative estimate of drug-likeness (QED) is 0.870. The summed E-state index contributed by atoms with van der Waals surface area (Å²) in [4.78, 5) is 2.55. The fourth-order valence-corrected chi connectivity index (χ4v) is 3.68. The van der Waals surface area contributed by atoms with Gasteiger partial charge in [0.2, 0.25) is 0 Å². The van der Waals surface area contributed by atoms with Gasteiger partial charge in [0, 0.05) is 36.7 Å². The number of hydrogen-bond donors (Lipinski definition) is 1. The maximum absolute atomic E-state index is 5.74. The van der Waals surface area contributed by atoms with Gasteiger partial charge in [-0.15, -0.1) is 0 Å². The third-order valence-corrected chi connectivity index (χ3v) is 4.68. The summed E-state index contributed by atoms with van der Waals surface area (Å²) < 4.78 is 0. The number of hydrogen-bond acceptors (Lipinski definition) is 3. The monoisotopic (exact) mass is 250 g/mol. The van der Waals surface area contributed by atoms with E-state index in [-0.39, 0.29) is 0 Å². The summed E-state index contributed by atoms with van der Waals surface area (Å²) in [6.07, 6.45) is 1.30. The highest BCUT2D eigenvalue weighted by atomic mass is 32.2. The molecule has 2 nitrogen and oxygen atoms in total. The van der Waals surface area contributed by atoms with Crippen LogP contribution in [0.3, 0.4) is 0 Å². The summed E-state index contributed by atoms with van der Waals surface area (Å²) in [5.41, 5.74) is 7.13. The van der Waals surface area contributed by atoms with E-state index in [2.05, 4.69) is 53.9 Å². The van der Waals surface area contributed by atoms with Crippen molar-refractivity contribution in [3.05, 3.63) is 35.9 Å². The van der Waals surface area contributed by atoms with Gasteiger partial charge in [-0.1, -0.05) is 37.3 Å². The van der Waals surface area contributed by atoms with E-state index in [0.29, 0.717) is 6.04 Å². The van der Waals surface area contributed by atoms with E-state index in [1.54, 1.807) is 0 Å². The van der Waals surface area contributed by atoms with E-state index in [1.807, 2.05) is 0 Å². The molecular formula is C14H22N2S. The molecule has 1 heterocycles. The lowest BCUT2D eigenvalue weighted by atomic mass is 10.1. The van der Waals surface area contributed by atoms with E-state index in [9.17, 15) is 0 Å². The minimum atomic E-state index is 0.707. The van der Waals surface area contributed by atoms with Gasteiger partial charge in [0.05, 0.1) is 0 Å². The Morgan fingerprint density at radius 2 is 2.12 bits per heavy atom. The van der Waals surface area contributed by atoms with E-state index in [0.717, 1.165) is 24.9 Å². The minimum absolute atomic E-state index is 0.707. The third kappa shape index (κ3) is 3.73. The first kappa shape index (κ1) is 12.9. The molecule has 0 spiro atoms. The molecule has 2 rings (SSSR count). The van der Waals surface area contributed by atoms with Crippen LogP contribution in [0.2, 0.25) is 0 Å². The molecule has 0 radical (unpaired) electrons. The third-order valence-electron chi connectivity index (χ3n) is 3.34. The lowest BCUT2D eigenvalue weighted by molar-refractivity contribution is 0.206. The summed E-state index contributed by atoms with van der Waals surface area (Å²) >= 11 is 2.09. The molecular weight excluding hydrogens is 228 g/mol. The topological polar surface area (TPSA) is 29.3 Å². The lowest BCUT2D eigenvalue weighted by Gasteiger charge is -2.28. The van der Waals surface area contributed by atoms with Crippen molar-refractivity contribution in [2.24, 2.45) is 5.73 Å². The number of nitrogens with zero attached hydrogens (tertiary/aromatic N) is 1. The van der Waals surface area contributed by atoms with E-state index >= 15 is 0 Å². The SMILES string of the molecule is CC1CC(N(CCN)Cc2ccccc2)CS1. The van der Waals surface area contributed by atoms with Crippen LogP contribution in [0.4, 0.5) is 0 Å². The van der Waals surface area contributed by atoms with E-state index < -0.39 is 0 Å². The Labute approximate surface area is 109 Å². The van der Waals surface area contributed by atoms with Gasteiger partial charge in [-0.25, -0.2) is 0 Å². The fraction of sp³-hybridized carbons (Fsp3) is 0.571. The van der Waals surface area contributed by atoms with Crippen molar-refractivity contribution in [1.29, 1.82) is 0 Å². The zero-order valence-electron chi connectivity index (χ0n) is 10.5. The van der Waals surface area contributed by atoms with Crippen molar-refractivity contribution < 1.29 is 0 Å². The Bertz CT molecular complexity index is 328. The van der Waals surface area contributed by atoms with Crippen LogP contribution in [0.1, 0.15) is 18.9 Å². The molecule has 3 heteroatoms. The smallest absolute Gasteiger partial charge is 0.0237 e. The molecule has 0 amide bonds. The van der Waals surface area contributed by atoms with Crippen LogP contribution in [-0.2, 0) is 6.54 Å². The molecule has 1 aromatic rings. The number of rotatable bonds is 5. The van der Waals surface area contributed by atoms with Crippen LogP contribution in [0, 0.1) is 0 Å². The van der Waals surface area contributed by atoms with E-state index in [4.69, 9.17) is 5.73 Å². The number of thioether (sulfide) groups is 1. The molecule has 2 atom stereocenters. The first-order valence-electron chi connectivity index (χ1n) is 6.39. The Kier molecular flexibility index (Phi) is 4.89. The first-order chi connectivity index (χ1) is 8.29. The van der Waals surface area contributed by atoms with Crippen LogP contribution in [0.15, 0.2) is 30.3 Å². The Morgan fingerprint density at radius 3 is 2.71 bits per heavy atom. The molecule has 1 aromatic carbocycles.